The van der Waals surface area contributed by atoms with Crippen molar-refractivity contribution in [1.82, 2.24) is 20.1 Å². The van der Waals surface area contributed by atoms with Crippen LogP contribution in [-0.2, 0) is 35.4 Å². The summed E-state index contributed by atoms with van der Waals surface area (Å²) in [7, 11) is 0. The Morgan fingerprint density at radius 1 is 0.932 bits per heavy atom. The molecule has 238 valence electrons. The van der Waals surface area contributed by atoms with Crippen LogP contribution in [0.2, 0.25) is 0 Å². The maximum absolute atomic E-state index is 11.8. The van der Waals surface area contributed by atoms with Gasteiger partial charge in [0, 0.05) is 63.1 Å². The van der Waals surface area contributed by atoms with E-state index in [0.29, 0.717) is 25.8 Å². The molecule has 1 aliphatic heterocycles. The number of hydrogen-bond acceptors (Lipinski definition) is 6. The van der Waals surface area contributed by atoms with E-state index in [1.807, 2.05) is 63.4 Å². The standard InChI is InChI=1S/C22H30N4O2.C9H10.C5H11NO/c23-22(28)20(13-18-5-2-1-3-6-18)14-21(27)17-26-11-9-25(10-12-26)16-19-7-4-8-24-15-19;1-2-5-9-7-3-6-8(9)4-1;1-5(2,3)6-4-7/h1-8,15,20-21,27H,9-14,16-17H2,(H2,23,28);1-2,4-5H,3,6-7H2;4H,1-3H3,(H,6,7)/t20-,21+;;/m1../s1. The van der Waals surface area contributed by atoms with Crippen LogP contribution in [-0.4, -0.2) is 76.6 Å². The maximum Gasteiger partial charge on any atom is 0.220 e. The second kappa shape index (κ2) is 18.3. The lowest BCUT2D eigenvalue weighted by atomic mass is 9.93. The summed E-state index contributed by atoms with van der Waals surface area (Å²) in [5.41, 5.74) is 10.9. The fourth-order valence-electron chi connectivity index (χ4n) is 5.47. The zero-order chi connectivity index (χ0) is 31.8. The van der Waals surface area contributed by atoms with E-state index < -0.39 is 6.10 Å². The molecule has 8 nitrogen and oxygen atoms in total. The van der Waals surface area contributed by atoms with Gasteiger partial charge in [-0.15, -0.1) is 0 Å². The first-order valence-electron chi connectivity index (χ1n) is 15.8. The highest BCUT2D eigenvalue weighted by Crippen LogP contribution is 2.20. The lowest BCUT2D eigenvalue weighted by molar-refractivity contribution is -0.123. The Kier molecular flexibility index (Phi) is 14.5. The van der Waals surface area contributed by atoms with Gasteiger partial charge in [0.2, 0.25) is 12.3 Å². The minimum absolute atomic E-state index is 0.0677. The first-order chi connectivity index (χ1) is 21.1. The molecule has 8 heteroatoms. The zero-order valence-corrected chi connectivity index (χ0v) is 26.7. The van der Waals surface area contributed by atoms with E-state index in [1.54, 1.807) is 17.3 Å². The molecule has 1 saturated heterocycles. The van der Waals surface area contributed by atoms with E-state index >= 15 is 0 Å². The number of aryl methyl sites for hydroxylation is 2. The molecular formula is C36H51N5O3. The number of carbonyl (C=O) groups excluding carboxylic acids is 2. The molecule has 3 aromatic rings. The van der Waals surface area contributed by atoms with Gasteiger partial charge in [-0.1, -0.05) is 60.7 Å². The minimum Gasteiger partial charge on any atom is -0.392 e. The summed E-state index contributed by atoms with van der Waals surface area (Å²) in [5.74, 6) is -0.687. The minimum atomic E-state index is -0.550. The number of benzene rings is 2. The molecule has 1 aromatic heterocycles. The number of β-amino-alcohol motifs (C(OH)–C–C–N with tert-alkyl or cyclic N) is 1. The second-order valence-electron chi connectivity index (χ2n) is 12.8. The van der Waals surface area contributed by atoms with Crippen molar-refractivity contribution in [2.45, 2.75) is 71.1 Å². The van der Waals surface area contributed by atoms with E-state index in [1.165, 1.54) is 24.8 Å². The van der Waals surface area contributed by atoms with Crippen LogP contribution < -0.4 is 11.1 Å². The summed E-state index contributed by atoms with van der Waals surface area (Å²) in [6.07, 6.45) is 8.80. The predicted octanol–water partition coefficient (Wildman–Crippen LogP) is 4.00. The fraction of sp³-hybridized carbons (Fsp3) is 0.472. The first kappa shape index (κ1) is 34.9. The Balaban J connectivity index is 0.000000267. The third kappa shape index (κ3) is 13.4. The molecule has 1 fully saturated rings. The van der Waals surface area contributed by atoms with E-state index in [4.69, 9.17) is 5.73 Å². The van der Waals surface area contributed by atoms with Crippen molar-refractivity contribution < 1.29 is 14.7 Å². The zero-order valence-electron chi connectivity index (χ0n) is 26.7. The Hall–Kier alpha value is -3.59. The summed E-state index contributed by atoms with van der Waals surface area (Å²) >= 11 is 0. The van der Waals surface area contributed by atoms with Gasteiger partial charge in [0.1, 0.15) is 0 Å². The van der Waals surface area contributed by atoms with Crippen molar-refractivity contribution in [2.24, 2.45) is 11.7 Å². The molecule has 0 bridgehead atoms. The number of piperazine rings is 1. The molecule has 2 amide bonds. The van der Waals surface area contributed by atoms with Crippen LogP contribution in [0.3, 0.4) is 0 Å². The number of aromatic nitrogens is 1. The topological polar surface area (TPSA) is 112 Å². The van der Waals surface area contributed by atoms with Gasteiger partial charge in [0.25, 0.3) is 0 Å². The lowest BCUT2D eigenvalue weighted by Gasteiger charge is -2.35. The molecule has 2 atom stereocenters. The van der Waals surface area contributed by atoms with Crippen LogP contribution in [0.1, 0.15) is 55.9 Å². The normalized spacial score (nSPS) is 16.3. The van der Waals surface area contributed by atoms with Crippen LogP contribution >= 0.6 is 0 Å². The Morgan fingerprint density at radius 2 is 1.52 bits per heavy atom. The molecule has 0 radical (unpaired) electrons. The predicted molar refractivity (Wildman–Crippen MR) is 177 cm³/mol. The van der Waals surface area contributed by atoms with Crippen LogP contribution in [0.5, 0.6) is 0 Å². The molecular weight excluding hydrogens is 550 g/mol. The SMILES string of the molecule is CC(C)(C)NC=O.NC(=O)[C@H](Cc1ccccc1)C[C@H](O)CN1CCN(Cc2cccnc2)CC1.c1ccc2c(c1)CCC2. The van der Waals surface area contributed by atoms with Gasteiger partial charge < -0.3 is 16.2 Å². The fourth-order valence-corrected chi connectivity index (χ4v) is 5.47. The quantitative estimate of drug-likeness (QED) is 0.303. The van der Waals surface area contributed by atoms with E-state index in [2.05, 4.69) is 50.4 Å². The molecule has 1 aliphatic carbocycles. The number of primary amides is 1. The highest BCUT2D eigenvalue weighted by Gasteiger charge is 2.24. The van der Waals surface area contributed by atoms with Gasteiger partial charge in [-0.2, -0.15) is 0 Å². The lowest BCUT2D eigenvalue weighted by Crippen LogP contribution is -2.48. The summed E-state index contributed by atoms with van der Waals surface area (Å²) in [6.45, 7) is 11.0. The number of fused-ring (bicyclic) bond motifs is 1. The number of rotatable bonds is 10. The summed E-state index contributed by atoms with van der Waals surface area (Å²) in [5, 5.41) is 13.1. The van der Waals surface area contributed by atoms with Crippen molar-refractivity contribution in [3.8, 4) is 0 Å². The van der Waals surface area contributed by atoms with Crippen LogP contribution in [0, 0.1) is 5.92 Å². The smallest absolute Gasteiger partial charge is 0.220 e. The third-order valence-electron chi connectivity index (χ3n) is 7.85. The van der Waals surface area contributed by atoms with E-state index in [0.717, 1.165) is 38.3 Å². The Morgan fingerprint density at radius 3 is 2.05 bits per heavy atom. The van der Waals surface area contributed by atoms with Crippen LogP contribution in [0.25, 0.3) is 0 Å². The first-order valence-corrected chi connectivity index (χ1v) is 15.8. The molecule has 4 N–H and O–H groups in total. The largest absolute Gasteiger partial charge is 0.392 e. The number of carbonyl (C=O) groups is 2. The number of amides is 2. The average molecular weight is 602 g/mol. The van der Waals surface area contributed by atoms with Crippen molar-refractivity contribution in [2.75, 3.05) is 32.7 Å². The molecule has 0 spiro atoms. The second-order valence-corrected chi connectivity index (χ2v) is 12.8. The highest BCUT2D eigenvalue weighted by atomic mass is 16.3. The van der Waals surface area contributed by atoms with Crippen molar-refractivity contribution in [3.05, 3.63) is 101 Å². The number of hydrogen-bond donors (Lipinski definition) is 3. The Bertz CT molecular complexity index is 1220. The molecule has 5 rings (SSSR count). The van der Waals surface area contributed by atoms with E-state index in [9.17, 15) is 14.7 Å². The van der Waals surface area contributed by atoms with Gasteiger partial charge in [0.15, 0.2) is 0 Å². The average Bonchev–Trinajstić information content (AvgIpc) is 3.48. The summed E-state index contributed by atoms with van der Waals surface area (Å²) < 4.78 is 0. The highest BCUT2D eigenvalue weighted by molar-refractivity contribution is 5.77. The number of pyridine rings is 1. The molecule has 0 unspecified atom stereocenters. The molecule has 2 heterocycles. The number of aliphatic hydroxyl groups excluding tert-OH is 1. The number of nitrogens with two attached hydrogens (primary N) is 1. The van der Waals surface area contributed by atoms with Crippen LogP contribution in [0.4, 0.5) is 0 Å². The van der Waals surface area contributed by atoms with Gasteiger partial charge >= 0.3 is 0 Å². The van der Waals surface area contributed by atoms with Crippen molar-refractivity contribution >= 4 is 12.3 Å². The summed E-state index contributed by atoms with van der Waals surface area (Å²) in [6, 6.07) is 22.6. The molecule has 44 heavy (non-hydrogen) atoms. The van der Waals surface area contributed by atoms with E-state index in [-0.39, 0.29) is 17.4 Å². The Labute approximate surface area is 263 Å². The van der Waals surface area contributed by atoms with Crippen LogP contribution in [0.15, 0.2) is 79.1 Å². The molecule has 0 saturated carbocycles. The maximum atomic E-state index is 11.8. The van der Waals surface area contributed by atoms with Gasteiger partial charge in [-0.25, -0.2) is 0 Å². The van der Waals surface area contributed by atoms with Gasteiger partial charge in [-0.05, 0) is 81.2 Å². The number of aliphatic hydroxyl groups is 1. The summed E-state index contributed by atoms with van der Waals surface area (Å²) in [4.78, 5) is 30.4. The third-order valence-corrected chi connectivity index (χ3v) is 7.85. The molecule has 2 aliphatic rings. The van der Waals surface area contributed by atoms with Crippen molar-refractivity contribution in [3.63, 3.8) is 0 Å². The van der Waals surface area contributed by atoms with Gasteiger partial charge in [0.05, 0.1) is 6.10 Å². The monoisotopic (exact) mass is 601 g/mol. The van der Waals surface area contributed by atoms with Crippen molar-refractivity contribution in [1.29, 1.82) is 0 Å². The number of nitrogens with one attached hydrogen (secondary N) is 1. The number of nitrogens with zero attached hydrogens (tertiary/aromatic N) is 3. The molecule has 2 aromatic carbocycles. The van der Waals surface area contributed by atoms with Gasteiger partial charge in [-0.3, -0.25) is 24.4 Å².